The number of halogens is 1. The quantitative estimate of drug-likeness (QED) is 0.813. The fourth-order valence-electron chi connectivity index (χ4n) is 2.25. The summed E-state index contributed by atoms with van der Waals surface area (Å²) < 4.78 is 0. The van der Waals surface area contributed by atoms with E-state index in [0.717, 1.165) is 11.3 Å². The summed E-state index contributed by atoms with van der Waals surface area (Å²) in [5.74, 6) is -0.636. The van der Waals surface area contributed by atoms with Crippen molar-refractivity contribution in [2.45, 2.75) is 32.4 Å². The highest BCUT2D eigenvalue weighted by Crippen LogP contribution is 2.31. The second kappa shape index (κ2) is 5.07. The molecule has 1 aliphatic rings. The van der Waals surface area contributed by atoms with E-state index in [-0.39, 0.29) is 24.4 Å². The van der Waals surface area contributed by atoms with E-state index in [1.54, 1.807) is 24.8 Å². The largest absolute Gasteiger partial charge is 0.348 e. The van der Waals surface area contributed by atoms with Gasteiger partial charge in [0.15, 0.2) is 0 Å². The Kier molecular flexibility index (Phi) is 3.75. The average molecular weight is 296 g/mol. The van der Waals surface area contributed by atoms with Crippen molar-refractivity contribution in [3.63, 3.8) is 0 Å². The molecule has 1 heterocycles. The molecular weight excluding hydrogens is 278 g/mol. The Morgan fingerprint density at radius 1 is 1.40 bits per heavy atom. The molecule has 0 aliphatic carbocycles. The van der Waals surface area contributed by atoms with E-state index in [2.05, 4.69) is 5.32 Å². The smallest absolute Gasteiger partial charge is 0.251 e. The van der Waals surface area contributed by atoms with Crippen molar-refractivity contribution >= 4 is 29.1 Å². The molecule has 108 valence electrons. The maximum absolute atomic E-state index is 11.9. The van der Waals surface area contributed by atoms with Crippen LogP contribution in [0.4, 0.5) is 5.69 Å². The number of rotatable bonds is 2. The topological polar surface area (TPSA) is 75.4 Å². The molecule has 1 unspecified atom stereocenters. The Hall–Kier alpha value is -1.59. The van der Waals surface area contributed by atoms with Gasteiger partial charge < -0.3 is 10.6 Å². The van der Waals surface area contributed by atoms with Gasteiger partial charge in [0.05, 0.1) is 6.54 Å². The zero-order valence-electron chi connectivity index (χ0n) is 11.7. The van der Waals surface area contributed by atoms with Crippen LogP contribution in [0.3, 0.4) is 0 Å². The van der Waals surface area contributed by atoms with E-state index in [0.29, 0.717) is 5.02 Å². The lowest BCUT2D eigenvalue weighted by atomic mass is 9.97. The predicted octanol–water partition coefficient (Wildman–Crippen LogP) is 1.60. The van der Waals surface area contributed by atoms with Gasteiger partial charge in [-0.2, -0.15) is 0 Å². The van der Waals surface area contributed by atoms with Crippen LogP contribution in [0.15, 0.2) is 18.2 Å². The number of hydrogen-bond donors (Lipinski definition) is 2. The molecule has 1 atom stereocenters. The van der Waals surface area contributed by atoms with Crippen molar-refractivity contribution in [2.24, 2.45) is 5.73 Å². The van der Waals surface area contributed by atoms with Crippen LogP contribution in [0.1, 0.15) is 32.4 Å². The fraction of sp³-hybridized carbons (Fsp3) is 0.429. The number of nitrogens with one attached hydrogen (secondary N) is 1. The minimum atomic E-state index is -0.812. The molecule has 0 bridgehead atoms. The number of carbonyl (C=O) groups excluding carboxylic acids is 2. The molecule has 1 saturated heterocycles. The van der Waals surface area contributed by atoms with Crippen LogP contribution < -0.4 is 16.0 Å². The molecule has 0 radical (unpaired) electrons. The summed E-state index contributed by atoms with van der Waals surface area (Å²) >= 11 is 6.22. The lowest BCUT2D eigenvalue weighted by molar-refractivity contribution is -0.135. The first-order valence-electron chi connectivity index (χ1n) is 6.40. The van der Waals surface area contributed by atoms with Gasteiger partial charge in [-0.05, 0) is 38.5 Å². The first-order chi connectivity index (χ1) is 9.23. The average Bonchev–Trinajstić information content (AvgIpc) is 2.33. The van der Waals surface area contributed by atoms with Crippen molar-refractivity contribution < 1.29 is 9.59 Å². The van der Waals surface area contributed by atoms with Crippen LogP contribution >= 0.6 is 11.6 Å². The molecule has 1 aromatic carbocycles. The minimum Gasteiger partial charge on any atom is -0.348 e. The second-order valence-electron chi connectivity index (χ2n) is 5.52. The molecule has 1 aliphatic heterocycles. The highest BCUT2D eigenvalue weighted by Gasteiger charge is 2.41. The highest BCUT2D eigenvalue weighted by molar-refractivity contribution is 6.31. The van der Waals surface area contributed by atoms with E-state index >= 15 is 0 Å². The number of anilines is 1. The SMILES string of the molecule is CC(N)c1ccc(N2CC(=O)NC(=O)C2(C)C)cc1Cl. The Morgan fingerprint density at radius 2 is 2.05 bits per heavy atom. The lowest BCUT2D eigenvalue weighted by Crippen LogP contribution is -2.64. The molecule has 5 nitrogen and oxygen atoms in total. The fourth-order valence-corrected chi connectivity index (χ4v) is 2.60. The highest BCUT2D eigenvalue weighted by atomic mass is 35.5. The third-order valence-corrected chi connectivity index (χ3v) is 3.90. The van der Waals surface area contributed by atoms with Crippen molar-refractivity contribution in [1.29, 1.82) is 0 Å². The van der Waals surface area contributed by atoms with Crippen LogP contribution in [0.25, 0.3) is 0 Å². The number of piperazine rings is 1. The third-order valence-electron chi connectivity index (χ3n) is 3.57. The Labute approximate surface area is 123 Å². The standard InChI is InChI=1S/C14H18ClN3O2/c1-8(16)10-5-4-9(6-11(10)15)18-7-12(19)17-13(20)14(18,2)3/h4-6,8H,7,16H2,1-3H3,(H,17,19,20). The van der Waals surface area contributed by atoms with Gasteiger partial charge in [0.25, 0.3) is 5.91 Å². The summed E-state index contributed by atoms with van der Waals surface area (Å²) in [5, 5.41) is 2.87. The van der Waals surface area contributed by atoms with E-state index in [1.807, 2.05) is 19.1 Å². The van der Waals surface area contributed by atoms with Gasteiger partial charge in [-0.25, -0.2) is 0 Å². The van der Waals surface area contributed by atoms with Gasteiger partial charge in [-0.1, -0.05) is 17.7 Å². The molecule has 0 saturated carbocycles. The van der Waals surface area contributed by atoms with E-state index < -0.39 is 5.54 Å². The molecule has 1 fully saturated rings. The number of nitrogens with zero attached hydrogens (tertiary/aromatic N) is 1. The maximum atomic E-state index is 11.9. The van der Waals surface area contributed by atoms with E-state index in [1.165, 1.54) is 0 Å². The number of imide groups is 1. The summed E-state index contributed by atoms with van der Waals surface area (Å²) in [6, 6.07) is 5.23. The number of carbonyl (C=O) groups is 2. The number of benzene rings is 1. The summed E-state index contributed by atoms with van der Waals surface area (Å²) in [6.45, 7) is 5.50. The lowest BCUT2D eigenvalue weighted by Gasteiger charge is -2.42. The van der Waals surface area contributed by atoms with Crippen molar-refractivity contribution in [2.75, 3.05) is 11.4 Å². The molecule has 2 rings (SSSR count). The molecular formula is C14H18ClN3O2. The number of amides is 2. The van der Waals surface area contributed by atoms with Gasteiger partial charge in [-0.3, -0.25) is 14.9 Å². The van der Waals surface area contributed by atoms with Crippen LogP contribution in [-0.2, 0) is 9.59 Å². The van der Waals surface area contributed by atoms with Crippen LogP contribution in [-0.4, -0.2) is 23.9 Å². The Balaban J connectivity index is 2.42. The van der Waals surface area contributed by atoms with Crippen molar-refractivity contribution in [3.05, 3.63) is 28.8 Å². The first-order valence-corrected chi connectivity index (χ1v) is 6.78. The predicted molar refractivity (Wildman–Crippen MR) is 78.6 cm³/mol. The number of hydrogen-bond acceptors (Lipinski definition) is 4. The molecule has 0 spiro atoms. The zero-order chi connectivity index (χ0) is 15.1. The summed E-state index contributed by atoms with van der Waals surface area (Å²) in [7, 11) is 0. The van der Waals surface area contributed by atoms with Crippen molar-refractivity contribution in [1.82, 2.24) is 5.32 Å². The Bertz CT molecular complexity index is 570. The molecule has 3 N–H and O–H groups in total. The summed E-state index contributed by atoms with van der Waals surface area (Å²) in [5.41, 5.74) is 6.58. The summed E-state index contributed by atoms with van der Waals surface area (Å²) in [6.07, 6.45) is 0. The van der Waals surface area contributed by atoms with Crippen LogP contribution in [0.2, 0.25) is 5.02 Å². The Morgan fingerprint density at radius 3 is 2.60 bits per heavy atom. The number of nitrogens with two attached hydrogens (primary N) is 1. The third kappa shape index (κ3) is 2.51. The van der Waals surface area contributed by atoms with E-state index in [4.69, 9.17) is 17.3 Å². The molecule has 0 aromatic heterocycles. The second-order valence-corrected chi connectivity index (χ2v) is 5.92. The van der Waals surface area contributed by atoms with Crippen LogP contribution in [0.5, 0.6) is 0 Å². The molecule has 20 heavy (non-hydrogen) atoms. The maximum Gasteiger partial charge on any atom is 0.251 e. The van der Waals surface area contributed by atoms with Gasteiger partial charge in [0.1, 0.15) is 5.54 Å². The minimum absolute atomic E-state index is 0.118. The van der Waals surface area contributed by atoms with E-state index in [9.17, 15) is 9.59 Å². The summed E-state index contributed by atoms with van der Waals surface area (Å²) in [4.78, 5) is 25.3. The van der Waals surface area contributed by atoms with Gasteiger partial charge in [0, 0.05) is 16.8 Å². The van der Waals surface area contributed by atoms with Gasteiger partial charge >= 0.3 is 0 Å². The van der Waals surface area contributed by atoms with Crippen molar-refractivity contribution in [3.8, 4) is 0 Å². The zero-order valence-corrected chi connectivity index (χ0v) is 12.5. The van der Waals surface area contributed by atoms with Gasteiger partial charge in [-0.15, -0.1) is 0 Å². The normalized spacial score (nSPS) is 19.8. The van der Waals surface area contributed by atoms with Crippen LogP contribution in [0, 0.1) is 0 Å². The first kappa shape index (κ1) is 14.8. The monoisotopic (exact) mass is 295 g/mol. The molecule has 6 heteroatoms. The van der Waals surface area contributed by atoms with Gasteiger partial charge in [0.2, 0.25) is 5.91 Å². The molecule has 2 amide bonds. The molecule has 1 aromatic rings.